The predicted octanol–water partition coefficient (Wildman–Crippen LogP) is 4.74. The van der Waals surface area contributed by atoms with Gasteiger partial charge in [0.25, 0.3) is 0 Å². The number of piperidine rings is 1. The molecular weight excluding hydrogens is 415 g/mol. The summed E-state index contributed by atoms with van der Waals surface area (Å²) in [5.41, 5.74) is 1.73. The van der Waals surface area contributed by atoms with Gasteiger partial charge in [-0.15, -0.1) is 10.2 Å². The van der Waals surface area contributed by atoms with Crippen LogP contribution < -0.4 is 4.90 Å². The van der Waals surface area contributed by atoms with Crippen molar-refractivity contribution < 1.29 is 8.91 Å². The Kier molecular flexibility index (Phi) is 5.66. The van der Waals surface area contributed by atoms with Gasteiger partial charge in [-0.3, -0.25) is 4.57 Å². The first-order chi connectivity index (χ1) is 15.3. The van der Waals surface area contributed by atoms with E-state index >= 15 is 0 Å². The normalized spacial score (nSPS) is 14.2. The highest BCUT2D eigenvalue weighted by Gasteiger charge is 2.22. The molecular formula is C22H21FN6OS. The van der Waals surface area contributed by atoms with E-state index in [-0.39, 0.29) is 5.82 Å². The molecule has 2 aromatic heterocycles. The van der Waals surface area contributed by atoms with Crippen LogP contribution in [0.3, 0.4) is 0 Å². The average molecular weight is 437 g/mol. The van der Waals surface area contributed by atoms with Crippen molar-refractivity contribution in [2.75, 3.05) is 18.0 Å². The lowest BCUT2D eigenvalue weighted by Crippen LogP contribution is -2.31. The molecule has 0 atom stereocenters. The predicted molar refractivity (Wildman–Crippen MR) is 117 cm³/mol. The molecule has 5 rings (SSSR count). The molecule has 1 fully saturated rings. The van der Waals surface area contributed by atoms with Gasteiger partial charge in [0, 0.05) is 18.7 Å². The quantitative estimate of drug-likeness (QED) is 0.404. The van der Waals surface area contributed by atoms with Gasteiger partial charge < -0.3 is 9.42 Å². The van der Waals surface area contributed by atoms with Gasteiger partial charge in [-0.2, -0.15) is 4.98 Å². The van der Waals surface area contributed by atoms with E-state index < -0.39 is 0 Å². The van der Waals surface area contributed by atoms with Crippen LogP contribution in [0, 0.1) is 5.82 Å². The van der Waals surface area contributed by atoms with E-state index in [1.807, 2.05) is 18.2 Å². The van der Waals surface area contributed by atoms with Gasteiger partial charge in [0.15, 0.2) is 5.16 Å². The lowest BCUT2D eigenvalue weighted by molar-refractivity contribution is 0.391. The number of thioether (sulfide) groups is 1. The monoisotopic (exact) mass is 436 g/mol. The van der Waals surface area contributed by atoms with Crippen LogP contribution in [0.2, 0.25) is 0 Å². The summed E-state index contributed by atoms with van der Waals surface area (Å²) in [4.78, 5) is 6.73. The Morgan fingerprint density at radius 3 is 2.48 bits per heavy atom. The summed E-state index contributed by atoms with van der Waals surface area (Å²) in [5.74, 6) is 1.94. The van der Waals surface area contributed by atoms with Crippen LogP contribution in [0.15, 0.2) is 64.3 Å². The molecule has 0 aliphatic carbocycles. The van der Waals surface area contributed by atoms with E-state index in [0.29, 0.717) is 23.0 Å². The third-order valence-corrected chi connectivity index (χ3v) is 6.08. The van der Waals surface area contributed by atoms with Crippen LogP contribution in [-0.2, 0) is 5.75 Å². The number of para-hydroxylation sites is 1. The van der Waals surface area contributed by atoms with Crippen LogP contribution in [0.4, 0.5) is 10.3 Å². The molecule has 1 saturated heterocycles. The molecule has 1 aliphatic rings. The number of halogens is 1. The van der Waals surface area contributed by atoms with Crippen molar-refractivity contribution in [1.29, 1.82) is 0 Å². The Morgan fingerprint density at radius 1 is 0.935 bits per heavy atom. The Balaban J connectivity index is 1.38. The third-order valence-electron chi connectivity index (χ3n) is 5.16. The van der Waals surface area contributed by atoms with Gasteiger partial charge in [0.05, 0.1) is 11.4 Å². The topological polar surface area (TPSA) is 72.9 Å². The molecule has 0 N–H and O–H groups in total. The van der Waals surface area contributed by atoms with E-state index in [9.17, 15) is 4.39 Å². The highest BCUT2D eigenvalue weighted by molar-refractivity contribution is 7.98. The van der Waals surface area contributed by atoms with Crippen molar-refractivity contribution >= 4 is 17.7 Å². The second-order valence-corrected chi connectivity index (χ2v) is 8.25. The number of hydrogen-bond acceptors (Lipinski definition) is 7. The number of benzene rings is 2. The van der Waals surface area contributed by atoms with E-state index in [1.165, 1.54) is 30.3 Å². The highest BCUT2D eigenvalue weighted by Crippen LogP contribution is 2.30. The zero-order chi connectivity index (χ0) is 21.0. The van der Waals surface area contributed by atoms with E-state index in [2.05, 4.69) is 41.9 Å². The minimum Gasteiger partial charge on any atom is -0.341 e. The summed E-state index contributed by atoms with van der Waals surface area (Å²) in [6, 6.07) is 16.2. The molecule has 3 heterocycles. The first kappa shape index (κ1) is 19.7. The second-order valence-electron chi connectivity index (χ2n) is 7.31. The van der Waals surface area contributed by atoms with Gasteiger partial charge in [-0.25, -0.2) is 4.39 Å². The maximum absolute atomic E-state index is 13.1. The smallest absolute Gasteiger partial charge is 0.237 e. The Morgan fingerprint density at radius 2 is 1.71 bits per heavy atom. The summed E-state index contributed by atoms with van der Waals surface area (Å²) in [6.07, 6.45) is 3.58. The van der Waals surface area contributed by atoms with Gasteiger partial charge in [0.1, 0.15) is 5.82 Å². The highest BCUT2D eigenvalue weighted by atomic mass is 32.2. The fraction of sp³-hybridized carbons (Fsp3) is 0.273. The molecule has 0 bridgehead atoms. The van der Waals surface area contributed by atoms with Crippen LogP contribution in [0.5, 0.6) is 0 Å². The zero-order valence-corrected chi connectivity index (χ0v) is 17.6. The summed E-state index contributed by atoms with van der Waals surface area (Å²) < 4.78 is 20.6. The van der Waals surface area contributed by atoms with Gasteiger partial charge in [-0.1, -0.05) is 35.1 Å². The van der Waals surface area contributed by atoms with Crippen LogP contribution >= 0.6 is 11.8 Å². The number of hydrogen-bond donors (Lipinski definition) is 0. The summed E-state index contributed by atoms with van der Waals surface area (Å²) in [7, 11) is 0. The number of rotatable bonds is 6. The van der Waals surface area contributed by atoms with Crippen LogP contribution in [-0.4, -0.2) is 38.0 Å². The average Bonchev–Trinajstić information content (AvgIpc) is 3.47. The second kappa shape index (κ2) is 8.89. The van der Waals surface area contributed by atoms with Crippen molar-refractivity contribution in [3.63, 3.8) is 0 Å². The SMILES string of the molecule is Fc1ccc(-c2noc(CSc3nnc(N4CCCCC4)n3-c3ccccc3)n2)cc1. The van der Waals surface area contributed by atoms with Crippen molar-refractivity contribution in [2.45, 2.75) is 30.2 Å². The van der Waals surface area contributed by atoms with Crippen LogP contribution in [0.1, 0.15) is 25.2 Å². The molecule has 31 heavy (non-hydrogen) atoms. The molecule has 0 amide bonds. The fourth-order valence-electron chi connectivity index (χ4n) is 3.61. The van der Waals surface area contributed by atoms with Crippen molar-refractivity contribution in [3.8, 4) is 17.1 Å². The fourth-order valence-corrected chi connectivity index (χ4v) is 4.40. The first-order valence-electron chi connectivity index (χ1n) is 10.2. The largest absolute Gasteiger partial charge is 0.341 e. The van der Waals surface area contributed by atoms with Gasteiger partial charge in [-0.05, 0) is 55.7 Å². The molecule has 1 aliphatic heterocycles. The van der Waals surface area contributed by atoms with Crippen LogP contribution in [0.25, 0.3) is 17.1 Å². The maximum Gasteiger partial charge on any atom is 0.237 e. The summed E-state index contributed by atoms with van der Waals surface area (Å²) in [5, 5.41) is 13.8. The van der Waals surface area contributed by atoms with E-state index in [0.717, 1.165) is 42.7 Å². The molecule has 0 radical (unpaired) electrons. The van der Waals surface area contributed by atoms with E-state index in [1.54, 1.807) is 12.1 Å². The van der Waals surface area contributed by atoms with E-state index in [4.69, 9.17) is 4.52 Å². The summed E-state index contributed by atoms with van der Waals surface area (Å²) in [6.45, 7) is 1.97. The maximum atomic E-state index is 13.1. The molecule has 7 nitrogen and oxygen atoms in total. The standard InChI is InChI=1S/C22H21FN6OS/c23-17-11-9-16(10-12-17)20-24-19(30-27-20)15-31-22-26-25-21(28-13-5-2-6-14-28)29(22)18-7-3-1-4-8-18/h1,3-4,7-12H,2,5-6,13-15H2. The minimum absolute atomic E-state index is 0.298. The Hall–Kier alpha value is -3.20. The molecule has 0 unspecified atom stereocenters. The Labute approximate surface area is 183 Å². The van der Waals surface area contributed by atoms with Crippen molar-refractivity contribution in [2.24, 2.45) is 0 Å². The summed E-state index contributed by atoms with van der Waals surface area (Å²) >= 11 is 1.50. The molecule has 4 aromatic rings. The number of aromatic nitrogens is 5. The lowest BCUT2D eigenvalue weighted by atomic mass is 10.1. The minimum atomic E-state index is -0.298. The molecule has 0 spiro atoms. The molecule has 9 heteroatoms. The number of anilines is 1. The molecule has 2 aromatic carbocycles. The van der Waals surface area contributed by atoms with Gasteiger partial charge >= 0.3 is 0 Å². The van der Waals surface area contributed by atoms with Crippen molar-refractivity contribution in [1.82, 2.24) is 24.9 Å². The number of nitrogens with zero attached hydrogens (tertiary/aromatic N) is 6. The van der Waals surface area contributed by atoms with Gasteiger partial charge in [0.2, 0.25) is 17.7 Å². The lowest BCUT2D eigenvalue weighted by Gasteiger charge is -2.27. The molecule has 0 saturated carbocycles. The zero-order valence-electron chi connectivity index (χ0n) is 16.8. The first-order valence-corrected chi connectivity index (χ1v) is 11.2. The van der Waals surface area contributed by atoms with Crippen molar-refractivity contribution in [3.05, 3.63) is 66.3 Å². The Bertz CT molecular complexity index is 1140. The third kappa shape index (κ3) is 4.32. The molecule has 158 valence electrons.